The van der Waals surface area contributed by atoms with Gasteiger partial charge in [0.05, 0.1) is 0 Å². The smallest absolute Gasteiger partial charge is 0.327 e. The van der Waals surface area contributed by atoms with Gasteiger partial charge in [-0.1, -0.05) is 0 Å². The quantitative estimate of drug-likeness (QED) is 0.717. The average molecular weight is 305 g/mol. The zero-order valence-corrected chi connectivity index (χ0v) is 13.1. The number of rotatable bonds is 2. The van der Waals surface area contributed by atoms with Crippen LogP contribution in [0.1, 0.15) is 39.0 Å². The van der Waals surface area contributed by atoms with Gasteiger partial charge in [0.25, 0.3) is 5.91 Å². The van der Waals surface area contributed by atoms with Crippen LogP contribution in [0.15, 0.2) is 0 Å². The topological polar surface area (TPSA) is 60.9 Å². The van der Waals surface area contributed by atoms with E-state index in [9.17, 15) is 14.4 Å². The van der Waals surface area contributed by atoms with Crippen LogP contribution in [-0.4, -0.2) is 64.8 Å². The number of fused-ring (bicyclic) bond motifs is 1. The number of piperidine rings is 1. The van der Waals surface area contributed by atoms with Gasteiger partial charge in [-0.15, -0.1) is 0 Å². The maximum Gasteiger partial charge on any atom is 0.327 e. The van der Waals surface area contributed by atoms with Crippen molar-refractivity contribution < 1.29 is 14.4 Å². The highest BCUT2D eigenvalue weighted by molar-refractivity contribution is 6.04. The fourth-order valence-corrected chi connectivity index (χ4v) is 4.35. The molecule has 0 aromatic rings. The van der Waals surface area contributed by atoms with Crippen molar-refractivity contribution >= 4 is 17.8 Å². The largest absolute Gasteiger partial charge is 0.342 e. The molecular formula is C16H23N3O3. The first-order valence-corrected chi connectivity index (χ1v) is 8.45. The first-order valence-electron chi connectivity index (χ1n) is 8.45. The Bertz CT molecular complexity index is 509. The molecule has 4 rings (SSSR count). The van der Waals surface area contributed by atoms with E-state index in [1.54, 1.807) is 4.90 Å². The fraction of sp³-hybridized carbons (Fsp3) is 0.812. The molecule has 22 heavy (non-hydrogen) atoms. The molecule has 6 nitrogen and oxygen atoms in total. The second kappa shape index (κ2) is 4.70. The van der Waals surface area contributed by atoms with Gasteiger partial charge in [-0.3, -0.25) is 14.5 Å². The van der Waals surface area contributed by atoms with Crippen molar-refractivity contribution in [2.75, 3.05) is 26.2 Å². The Labute approximate surface area is 130 Å². The maximum atomic E-state index is 12.3. The van der Waals surface area contributed by atoms with Gasteiger partial charge in [-0.2, -0.15) is 0 Å². The van der Waals surface area contributed by atoms with Crippen LogP contribution in [0.2, 0.25) is 0 Å². The van der Waals surface area contributed by atoms with Crippen LogP contribution in [0.4, 0.5) is 4.79 Å². The first-order chi connectivity index (χ1) is 10.5. The normalized spacial score (nSPS) is 30.4. The predicted octanol–water partition coefficient (Wildman–Crippen LogP) is 1.06. The molecule has 4 amide bonds. The molecule has 6 heteroatoms. The van der Waals surface area contributed by atoms with E-state index in [2.05, 4.69) is 0 Å². The van der Waals surface area contributed by atoms with Crippen molar-refractivity contribution in [2.24, 2.45) is 11.3 Å². The summed E-state index contributed by atoms with van der Waals surface area (Å²) in [6.07, 6.45) is 4.72. The van der Waals surface area contributed by atoms with E-state index in [1.165, 1.54) is 4.90 Å². The number of urea groups is 1. The Balaban J connectivity index is 1.43. The van der Waals surface area contributed by atoms with Gasteiger partial charge in [0.2, 0.25) is 5.91 Å². The molecule has 1 aliphatic carbocycles. The second-order valence-corrected chi connectivity index (χ2v) is 7.31. The van der Waals surface area contributed by atoms with Crippen molar-refractivity contribution in [3.05, 3.63) is 0 Å². The van der Waals surface area contributed by atoms with Crippen molar-refractivity contribution in [3.63, 3.8) is 0 Å². The highest BCUT2D eigenvalue weighted by atomic mass is 16.2. The number of likely N-dealkylation sites (tertiary alicyclic amines) is 1. The zero-order chi connectivity index (χ0) is 15.5. The van der Waals surface area contributed by atoms with Crippen LogP contribution in [0.5, 0.6) is 0 Å². The van der Waals surface area contributed by atoms with Gasteiger partial charge in [-0.25, -0.2) is 4.79 Å². The molecule has 0 N–H and O–H groups in total. The van der Waals surface area contributed by atoms with E-state index in [1.807, 2.05) is 11.8 Å². The average Bonchev–Trinajstić information content (AvgIpc) is 3.27. The van der Waals surface area contributed by atoms with Crippen LogP contribution < -0.4 is 0 Å². The van der Waals surface area contributed by atoms with Crippen LogP contribution >= 0.6 is 0 Å². The lowest BCUT2D eigenvalue weighted by molar-refractivity contribution is -0.135. The van der Waals surface area contributed by atoms with Crippen LogP contribution in [0.3, 0.4) is 0 Å². The lowest BCUT2D eigenvalue weighted by Gasteiger charge is -2.39. The van der Waals surface area contributed by atoms with E-state index < -0.39 is 0 Å². The summed E-state index contributed by atoms with van der Waals surface area (Å²) in [6, 6.07) is -0.371. The van der Waals surface area contributed by atoms with Crippen molar-refractivity contribution in [1.82, 2.24) is 14.7 Å². The molecular weight excluding hydrogens is 282 g/mol. The van der Waals surface area contributed by atoms with Crippen molar-refractivity contribution in [3.8, 4) is 0 Å². The maximum absolute atomic E-state index is 12.3. The van der Waals surface area contributed by atoms with Gasteiger partial charge < -0.3 is 9.80 Å². The molecule has 3 aliphatic heterocycles. The number of likely N-dealkylation sites (N-methyl/N-ethyl adjacent to an activating group) is 1. The predicted molar refractivity (Wildman–Crippen MR) is 78.9 cm³/mol. The summed E-state index contributed by atoms with van der Waals surface area (Å²) in [5.41, 5.74) is 0.0517. The lowest BCUT2D eigenvalue weighted by atomic mass is 9.76. The summed E-state index contributed by atoms with van der Waals surface area (Å²) in [6.45, 7) is 4.56. The number of nitrogens with zero attached hydrogens (tertiary/aromatic N) is 3. The standard InChI is InChI=1S/C16H23N3O3/c1-2-18-14(21)12-9-16(10-19(12)15(18)22)5-7-17(8-6-16)13(20)11-3-4-11/h11-12H,2-10H2,1H3. The molecule has 0 radical (unpaired) electrons. The molecule has 4 fully saturated rings. The Morgan fingerprint density at radius 3 is 2.45 bits per heavy atom. The number of hydrogen-bond acceptors (Lipinski definition) is 3. The summed E-state index contributed by atoms with van der Waals surface area (Å²) in [7, 11) is 0. The molecule has 1 unspecified atom stereocenters. The molecule has 3 saturated heterocycles. The van der Waals surface area contributed by atoms with E-state index in [0.717, 1.165) is 45.2 Å². The van der Waals surface area contributed by atoms with Gasteiger partial charge in [0.15, 0.2) is 0 Å². The third-order valence-electron chi connectivity index (χ3n) is 5.91. The van der Waals surface area contributed by atoms with E-state index in [0.29, 0.717) is 19.0 Å². The van der Waals surface area contributed by atoms with Crippen LogP contribution in [0, 0.1) is 11.3 Å². The minimum Gasteiger partial charge on any atom is -0.342 e. The van der Waals surface area contributed by atoms with Crippen molar-refractivity contribution in [2.45, 2.75) is 45.1 Å². The number of amides is 4. The molecule has 120 valence electrons. The Morgan fingerprint density at radius 1 is 1.23 bits per heavy atom. The fourth-order valence-electron chi connectivity index (χ4n) is 4.35. The third kappa shape index (κ3) is 1.96. The van der Waals surface area contributed by atoms with Crippen molar-refractivity contribution in [1.29, 1.82) is 0 Å². The second-order valence-electron chi connectivity index (χ2n) is 7.31. The molecule has 3 heterocycles. The molecule has 1 atom stereocenters. The highest BCUT2D eigenvalue weighted by Crippen LogP contribution is 2.46. The van der Waals surface area contributed by atoms with Gasteiger partial charge in [0, 0.05) is 32.1 Å². The monoisotopic (exact) mass is 305 g/mol. The summed E-state index contributed by atoms with van der Waals surface area (Å²) >= 11 is 0. The third-order valence-corrected chi connectivity index (χ3v) is 5.91. The molecule has 4 aliphatic rings. The van der Waals surface area contributed by atoms with Crippen LogP contribution in [-0.2, 0) is 9.59 Å². The highest BCUT2D eigenvalue weighted by Gasteiger charge is 2.56. The van der Waals surface area contributed by atoms with Crippen LogP contribution in [0.25, 0.3) is 0 Å². The van der Waals surface area contributed by atoms with E-state index >= 15 is 0 Å². The number of carbonyl (C=O) groups is 3. The number of imide groups is 1. The minimum atomic E-state index is -0.252. The molecule has 0 bridgehead atoms. The number of carbonyl (C=O) groups excluding carboxylic acids is 3. The molecule has 0 aromatic carbocycles. The van der Waals surface area contributed by atoms with Gasteiger partial charge >= 0.3 is 6.03 Å². The Kier molecular flexibility index (Phi) is 3.00. The SMILES string of the molecule is CCN1C(=O)C2CC3(CCN(C(=O)C4CC4)CC3)CN2C1=O. The summed E-state index contributed by atoms with van der Waals surface area (Å²) in [5.74, 6) is 0.570. The van der Waals surface area contributed by atoms with E-state index in [-0.39, 0.29) is 29.3 Å². The van der Waals surface area contributed by atoms with Gasteiger partial charge in [0.1, 0.15) is 6.04 Å². The number of hydrogen-bond donors (Lipinski definition) is 0. The molecule has 1 saturated carbocycles. The summed E-state index contributed by atoms with van der Waals surface area (Å²) in [4.78, 5) is 41.9. The first kappa shape index (κ1) is 14.0. The Hall–Kier alpha value is -1.59. The summed E-state index contributed by atoms with van der Waals surface area (Å²) < 4.78 is 0. The van der Waals surface area contributed by atoms with Gasteiger partial charge in [-0.05, 0) is 44.4 Å². The van der Waals surface area contributed by atoms with E-state index in [4.69, 9.17) is 0 Å². The summed E-state index contributed by atoms with van der Waals surface area (Å²) in [5, 5.41) is 0. The Morgan fingerprint density at radius 2 is 1.91 bits per heavy atom. The minimum absolute atomic E-state index is 0.0270. The lowest BCUT2D eigenvalue weighted by Crippen LogP contribution is -2.46. The molecule has 0 aromatic heterocycles. The zero-order valence-electron chi connectivity index (χ0n) is 13.1. The molecule has 1 spiro atoms.